The lowest BCUT2D eigenvalue weighted by Crippen LogP contribution is -2.46. The Kier molecular flexibility index (Phi) is 6.46. The smallest absolute Gasteiger partial charge is 0.422 e. The van der Waals surface area contributed by atoms with E-state index in [4.69, 9.17) is 4.74 Å². The molecule has 0 spiro atoms. The van der Waals surface area contributed by atoms with Gasteiger partial charge in [-0.2, -0.15) is 13.2 Å². The highest BCUT2D eigenvalue weighted by Crippen LogP contribution is 2.43. The van der Waals surface area contributed by atoms with Crippen LogP contribution in [0.15, 0.2) is 24.3 Å². The van der Waals surface area contributed by atoms with E-state index in [0.29, 0.717) is 4.90 Å². The molecule has 7 nitrogen and oxygen atoms in total. The molecule has 0 unspecified atom stereocenters. The van der Waals surface area contributed by atoms with Gasteiger partial charge in [0.25, 0.3) is 17.7 Å². The van der Waals surface area contributed by atoms with Crippen molar-refractivity contribution in [2.45, 2.75) is 38.0 Å². The molecule has 2 aromatic rings. The van der Waals surface area contributed by atoms with E-state index in [1.54, 1.807) is 0 Å². The first-order valence-corrected chi connectivity index (χ1v) is 10.7. The minimum Gasteiger partial charge on any atom is -0.466 e. The molecule has 1 fully saturated rings. The van der Waals surface area contributed by atoms with Crippen LogP contribution in [0, 0.1) is 23.3 Å². The fraction of sp³-hybridized carbons (Fsp3) is 0.304. The fourth-order valence-corrected chi connectivity index (χ4v) is 4.47. The van der Waals surface area contributed by atoms with Crippen molar-refractivity contribution in [2.24, 2.45) is 0 Å². The molecule has 0 saturated carbocycles. The van der Waals surface area contributed by atoms with Crippen LogP contribution in [0.4, 0.5) is 36.4 Å². The summed E-state index contributed by atoms with van der Waals surface area (Å²) in [5.74, 6) is -15.1. The fourth-order valence-electron chi connectivity index (χ4n) is 4.47. The molecule has 2 atom stereocenters. The van der Waals surface area contributed by atoms with E-state index >= 15 is 0 Å². The second-order valence-electron chi connectivity index (χ2n) is 8.13. The Hall–Kier alpha value is -3.97. The zero-order valence-corrected chi connectivity index (χ0v) is 18.7. The summed E-state index contributed by atoms with van der Waals surface area (Å²) in [7, 11) is 0. The third kappa shape index (κ3) is 4.09. The number of anilines is 1. The van der Waals surface area contributed by atoms with Gasteiger partial charge in [0.15, 0.2) is 23.3 Å². The average molecular weight is 532 g/mol. The lowest BCUT2D eigenvalue weighted by Gasteiger charge is -2.26. The lowest BCUT2D eigenvalue weighted by atomic mass is 10.1. The van der Waals surface area contributed by atoms with Crippen molar-refractivity contribution in [1.82, 2.24) is 4.90 Å². The molecule has 0 aromatic heterocycles. The van der Waals surface area contributed by atoms with Crippen LogP contribution in [0.5, 0.6) is 0 Å². The highest BCUT2D eigenvalue weighted by molar-refractivity contribution is 6.23. The number of carbonyl (C=O) groups excluding carboxylic acids is 4. The zero-order chi connectivity index (χ0) is 27.4. The van der Waals surface area contributed by atoms with Crippen molar-refractivity contribution >= 4 is 29.4 Å². The van der Waals surface area contributed by atoms with Crippen LogP contribution in [-0.4, -0.2) is 47.3 Å². The molecule has 0 N–H and O–H groups in total. The van der Waals surface area contributed by atoms with Crippen LogP contribution in [0.3, 0.4) is 0 Å². The Bertz CT molecular complexity index is 1280. The maximum absolute atomic E-state index is 14.9. The largest absolute Gasteiger partial charge is 0.466 e. The topological polar surface area (TPSA) is 84.0 Å². The van der Waals surface area contributed by atoms with Crippen LogP contribution in [-0.2, 0) is 20.5 Å². The van der Waals surface area contributed by atoms with Gasteiger partial charge in [0.05, 0.1) is 30.2 Å². The molecular weight excluding hydrogens is 517 g/mol. The van der Waals surface area contributed by atoms with Gasteiger partial charge in [-0.15, -0.1) is 0 Å². The van der Waals surface area contributed by atoms with E-state index in [2.05, 4.69) is 0 Å². The summed E-state index contributed by atoms with van der Waals surface area (Å²) < 4.78 is 102. The van der Waals surface area contributed by atoms with E-state index in [1.807, 2.05) is 0 Å². The first-order valence-electron chi connectivity index (χ1n) is 10.7. The first kappa shape index (κ1) is 26.1. The standard InChI is InChI=1S/C23H15F7N2O5/c1-2-37-13(33)8-9-7-12(32-20(34)10-5-3-4-6-11(10)21(32)35)22(36)31(9)19-17(26)15(24)14(23(28,29)30)16(25)18(19)27/h3-6,9,12H,2,7-8H2,1H3/t9-,12+/m1/s1. The van der Waals surface area contributed by atoms with Gasteiger partial charge >= 0.3 is 12.1 Å². The number of fused-ring (bicyclic) bond motifs is 1. The molecule has 2 aromatic carbocycles. The molecule has 2 heterocycles. The third-order valence-electron chi connectivity index (χ3n) is 5.99. The van der Waals surface area contributed by atoms with E-state index in [-0.39, 0.29) is 22.6 Å². The predicted octanol–water partition coefficient (Wildman–Crippen LogP) is 3.99. The van der Waals surface area contributed by atoms with Gasteiger partial charge in [-0.1, -0.05) is 12.1 Å². The van der Waals surface area contributed by atoms with Crippen LogP contribution in [0.1, 0.15) is 46.0 Å². The summed E-state index contributed by atoms with van der Waals surface area (Å²) in [6, 6.07) is 1.99. The van der Waals surface area contributed by atoms with Gasteiger partial charge < -0.3 is 9.64 Å². The van der Waals surface area contributed by atoms with Crippen molar-refractivity contribution in [2.75, 3.05) is 11.5 Å². The van der Waals surface area contributed by atoms with Crippen molar-refractivity contribution in [3.05, 3.63) is 64.2 Å². The number of halogens is 7. The van der Waals surface area contributed by atoms with Gasteiger partial charge in [0.1, 0.15) is 17.3 Å². The second kappa shape index (κ2) is 9.16. The molecular formula is C23H15F7N2O5. The van der Waals surface area contributed by atoms with Crippen LogP contribution in [0.25, 0.3) is 0 Å². The van der Waals surface area contributed by atoms with Crippen molar-refractivity contribution in [3.63, 3.8) is 0 Å². The predicted molar refractivity (Wildman–Crippen MR) is 109 cm³/mol. The Labute approximate surface area is 203 Å². The number of amides is 3. The number of carbonyl (C=O) groups is 4. The molecule has 1 saturated heterocycles. The van der Waals surface area contributed by atoms with Gasteiger partial charge in [0.2, 0.25) is 0 Å². The highest BCUT2D eigenvalue weighted by Gasteiger charge is 2.53. The summed E-state index contributed by atoms with van der Waals surface area (Å²) in [6.45, 7) is 1.25. The van der Waals surface area contributed by atoms with E-state index in [1.165, 1.54) is 31.2 Å². The molecule has 0 aliphatic carbocycles. The molecule has 0 bridgehead atoms. The Morgan fingerprint density at radius 1 is 0.919 bits per heavy atom. The number of ether oxygens (including phenoxy) is 1. The average Bonchev–Trinajstić information content (AvgIpc) is 3.25. The third-order valence-corrected chi connectivity index (χ3v) is 5.99. The first-order chi connectivity index (χ1) is 17.3. The molecule has 37 heavy (non-hydrogen) atoms. The lowest BCUT2D eigenvalue weighted by molar-refractivity contribution is -0.144. The van der Waals surface area contributed by atoms with E-state index in [9.17, 15) is 49.9 Å². The minimum absolute atomic E-state index is 0.0577. The van der Waals surface area contributed by atoms with Crippen LogP contribution in [0.2, 0.25) is 0 Å². The molecule has 3 amide bonds. The quantitative estimate of drug-likeness (QED) is 0.252. The number of esters is 1. The number of hydrogen-bond acceptors (Lipinski definition) is 5. The highest BCUT2D eigenvalue weighted by atomic mass is 19.4. The van der Waals surface area contributed by atoms with Gasteiger partial charge in [0, 0.05) is 0 Å². The Morgan fingerprint density at radius 2 is 1.43 bits per heavy atom. The van der Waals surface area contributed by atoms with Crippen LogP contribution < -0.4 is 4.90 Å². The number of rotatable bonds is 5. The second-order valence-corrected chi connectivity index (χ2v) is 8.13. The Morgan fingerprint density at radius 3 is 1.89 bits per heavy atom. The van der Waals surface area contributed by atoms with Gasteiger partial charge in [-0.3, -0.25) is 24.1 Å². The van der Waals surface area contributed by atoms with Gasteiger partial charge in [-0.25, -0.2) is 17.6 Å². The minimum atomic E-state index is -5.82. The SMILES string of the molecule is CCOC(=O)C[C@H]1C[C@H](N2C(=O)c3ccccc3C2=O)C(=O)N1c1c(F)c(F)c(C(F)(F)F)c(F)c1F. The molecule has 196 valence electrons. The number of hydrogen-bond donors (Lipinski definition) is 0. The number of nitrogens with zero attached hydrogens (tertiary/aromatic N) is 2. The molecule has 2 aliphatic rings. The summed E-state index contributed by atoms with van der Waals surface area (Å²) >= 11 is 0. The number of benzene rings is 2. The summed E-state index contributed by atoms with van der Waals surface area (Å²) in [5.41, 5.74) is -4.87. The van der Waals surface area contributed by atoms with Crippen molar-refractivity contribution < 1.29 is 54.6 Å². The monoisotopic (exact) mass is 532 g/mol. The summed E-state index contributed by atoms with van der Waals surface area (Å²) in [6.07, 6.45) is -7.27. The molecule has 4 rings (SSSR count). The maximum Gasteiger partial charge on any atom is 0.422 e. The van der Waals surface area contributed by atoms with Gasteiger partial charge in [-0.05, 0) is 25.5 Å². The number of imide groups is 1. The van der Waals surface area contributed by atoms with E-state index < -0.39 is 89.3 Å². The summed E-state index contributed by atoms with van der Waals surface area (Å²) in [5, 5.41) is 0. The summed E-state index contributed by atoms with van der Waals surface area (Å²) in [4.78, 5) is 51.7. The van der Waals surface area contributed by atoms with Crippen molar-refractivity contribution in [1.29, 1.82) is 0 Å². The normalized spacial score (nSPS) is 19.6. The molecule has 14 heteroatoms. The van der Waals surface area contributed by atoms with Crippen molar-refractivity contribution in [3.8, 4) is 0 Å². The number of alkyl halides is 3. The maximum atomic E-state index is 14.9. The Balaban J connectivity index is 1.84. The molecule has 2 aliphatic heterocycles. The zero-order valence-electron chi connectivity index (χ0n) is 18.7. The van der Waals surface area contributed by atoms with E-state index in [0.717, 1.165) is 0 Å². The molecule has 0 radical (unpaired) electrons. The van der Waals surface area contributed by atoms with Crippen LogP contribution >= 0.6 is 0 Å².